The van der Waals surface area contributed by atoms with E-state index in [0.29, 0.717) is 11.3 Å². The first-order valence-electron chi connectivity index (χ1n) is 6.55. The molecule has 1 aromatic carbocycles. The third-order valence-electron chi connectivity index (χ3n) is 3.43. The minimum atomic E-state index is -0.308. The fraction of sp³-hybridized carbons (Fsp3) is 0.188. The van der Waals surface area contributed by atoms with E-state index in [9.17, 15) is 9.59 Å². The van der Waals surface area contributed by atoms with Gasteiger partial charge in [-0.2, -0.15) is 0 Å². The van der Waals surface area contributed by atoms with Crippen molar-refractivity contribution in [3.05, 3.63) is 52.8 Å². The number of methoxy groups -OCH3 is 2. The van der Waals surface area contributed by atoms with Gasteiger partial charge in [0.2, 0.25) is 0 Å². The van der Waals surface area contributed by atoms with Crippen molar-refractivity contribution in [2.24, 2.45) is 0 Å². The van der Waals surface area contributed by atoms with Crippen LogP contribution in [0.2, 0.25) is 0 Å². The molecule has 0 N–H and O–H groups in total. The first kappa shape index (κ1) is 14.2. The van der Waals surface area contributed by atoms with E-state index < -0.39 is 0 Å². The van der Waals surface area contributed by atoms with Gasteiger partial charge in [-0.3, -0.25) is 14.6 Å². The number of ketones is 2. The molecule has 1 heterocycles. The maximum Gasteiger partial charge on any atom is 0.199 e. The van der Waals surface area contributed by atoms with Crippen LogP contribution in [0.3, 0.4) is 0 Å². The minimum Gasteiger partial charge on any atom is -0.496 e. The smallest absolute Gasteiger partial charge is 0.199 e. The topological polar surface area (TPSA) is 74.7 Å². The van der Waals surface area contributed by atoms with Crippen LogP contribution in [0.5, 0.6) is 11.5 Å². The summed E-state index contributed by atoms with van der Waals surface area (Å²) in [5.74, 6) is -0.00898. The van der Waals surface area contributed by atoms with E-state index in [4.69, 9.17) is 14.2 Å². The number of hydrogen-bond acceptors (Lipinski definition) is 6. The molecule has 6 nitrogen and oxygen atoms in total. The van der Waals surface area contributed by atoms with Gasteiger partial charge in [0.15, 0.2) is 24.1 Å². The SMILES string of the molecule is COCOc1cncc2c1C(=O)c1cccc(OC)c1C2=O. The number of ether oxygens (including phenoxy) is 3. The molecule has 0 spiro atoms. The number of benzene rings is 1. The Morgan fingerprint density at radius 3 is 2.41 bits per heavy atom. The van der Waals surface area contributed by atoms with Crippen LogP contribution in [0.15, 0.2) is 30.6 Å². The van der Waals surface area contributed by atoms with Crippen LogP contribution in [-0.4, -0.2) is 37.6 Å². The molecule has 0 atom stereocenters. The second-order valence-corrected chi connectivity index (χ2v) is 4.65. The second-order valence-electron chi connectivity index (χ2n) is 4.65. The van der Waals surface area contributed by atoms with Crippen molar-refractivity contribution >= 4 is 11.6 Å². The maximum atomic E-state index is 12.7. The molecule has 1 aliphatic carbocycles. The van der Waals surface area contributed by atoms with E-state index in [1.807, 2.05) is 0 Å². The van der Waals surface area contributed by atoms with Crippen molar-refractivity contribution in [2.45, 2.75) is 0 Å². The van der Waals surface area contributed by atoms with Crippen molar-refractivity contribution in [1.82, 2.24) is 4.98 Å². The van der Waals surface area contributed by atoms with Crippen molar-refractivity contribution < 1.29 is 23.8 Å². The van der Waals surface area contributed by atoms with Crippen molar-refractivity contribution in [2.75, 3.05) is 21.0 Å². The summed E-state index contributed by atoms with van der Waals surface area (Å²) < 4.78 is 15.4. The van der Waals surface area contributed by atoms with Crippen molar-refractivity contribution in [1.29, 1.82) is 0 Å². The van der Waals surface area contributed by atoms with Gasteiger partial charge in [0, 0.05) is 18.9 Å². The van der Waals surface area contributed by atoms with Gasteiger partial charge < -0.3 is 14.2 Å². The molecular weight excluding hydrogens is 286 g/mol. The number of aromatic nitrogens is 1. The van der Waals surface area contributed by atoms with Gasteiger partial charge in [-0.05, 0) is 6.07 Å². The quantitative estimate of drug-likeness (QED) is 0.684. The number of hydrogen-bond donors (Lipinski definition) is 0. The molecule has 1 aromatic heterocycles. The molecule has 0 bridgehead atoms. The van der Waals surface area contributed by atoms with E-state index in [-0.39, 0.29) is 40.8 Å². The second kappa shape index (κ2) is 5.57. The molecule has 0 unspecified atom stereocenters. The molecule has 0 saturated heterocycles. The predicted octanol–water partition coefficient (Wildman–Crippen LogP) is 1.85. The molecule has 3 rings (SSSR count). The summed E-state index contributed by atoms with van der Waals surface area (Å²) in [6.45, 7) is -0.0371. The highest BCUT2D eigenvalue weighted by Gasteiger charge is 2.34. The summed E-state index contributed by atoms with van der Waals surface area (Å²) in [5.41, 5.74) is 0.965. The lowest BCUT2D eigenvalue weighted by Gasteiger charge is -2.21. The number of rotatable bonds is 4. The lowest BCUT2D eigenvalue weighted by molar-refractivity contribution is 0.0499. The molecule has 112 valence electrons. The zero-order valence-electron chi connectivity index (χ0n) is 12.1. The van der Waals surface area contributed by atoms with Gasteiger partial charge in [0.1, 0.15) is 5.75 Å². The largest absolute Gasteiger partial charge is 0.496 e. The van der Waals surface area contributed by atoms with Gasteiger partial charge in [-0.15, -0.1) is 0 Å². The minimum absolute atomic E-state index is 0.0371. The molecule has 2 aromatic rings. The molecule has 0 fully saturated rings. The van der Waals surface area contributed by atoms with Crippen LogP contribution in [0.4, 0.5) is 0 Å². The van der Waals surface area contributed by atoms with E-state index in [0.717, 1.165) is 0 Å². The molecule has 1 aliphatic rings. The third kappa shape index (κ3) is 2.05. The fourth-order valence-corrected chi connectivity index (χ4v) is 2.47. The van der Waals surface area contributed by atoms with Gasteiger partial charge in [-0.25, -0.2) is 0 Å². The first-order chi connectivity index (χ1) is 10.7. The predicted molar refractivity (Wildman–Crippen MR) is 76.6 cm³/mol. The van der Waals surface area contributed by atoms with Crippen LogP contribution in [0.1, 0.15) is 31.8 Å². The average Bonchev–Trinajstić information content (AvgIpc) is 2.56. The average molecular weight is 299 g/mol. The van der Waals surface area contributed by atoms with Gasteiger partial charge in [0.25, 0.3) is 0 Å². The monoisotopic (exact) mass is 299 g/mol. The van der Waals surface area contributed by atoms with E-state index in [2.05, 4.69) is 4.98 Å². The molecular formula is C16H13NO5. The number of carbonyl (C=O) groups excluding carboxylic acids is 2. The highest BCUT2D eigenvalue weighted by Crippen LogP contribution is 2.36. The van der Waals surface area contributed by atoms with Gasteiger partial charge in [-0.1, -0.05) is 12.1 Å². The Balaban J connectivity index is 2.20. The Labute approximate surface area is 126 Å². The van der Waals surface area contributed by atoms with Crippen LogP contribution in [-0.2, 0) is 4.74 Å². The van der Waals surface area contributed by atoms with Gasteiger partial charge >= 0.3 is 0 Å². The summed E-state index contributed by atoms with van der Waals surface area (Å²) in [7, 11) is 2.93. The summed E-state index contributed by atoms with van der Waals surface area (Å²) in [6.07, 6.45) is 2.76. The number of carbonyl (C=O) groups is 2. The molecule has 0 saturated carbocycles. The van der Waals surface area contributed by atoms with E-state index in [1.54, 1.807) is 18.2 Å². The summed E-state index contributed by atoms with van der Waals surface area (Å²) in [4.78, 5) is 29.4. The molecule has 22 heavy (non-hydrogen) atoms. The standard InChI is InChI=1S/C16H13NO5/c1-20-8-22-12-7-17-6-10-14(12)15(18)9-4-3-5-11(21-2)13(9)16(10)19/h3-7H,8H2,1-2H3. The molecule has 0 aliphatic heterocycles. The number of pyridine rings is 1. The Kier molecular flexibility index (Phi) is 3.60. The lowest BCUT2D eigenvalue weighted by Crippen LogP contribution is -2.23. The van der Waals surface area contributed by atoms with Crippen LogP contribution in [0.25, 0.3) is 0 Å². The summed E-state index contributed by atoms with van der Waals surface area (Å²) >= 11 is 0. The maximum absolute atomic E-state index is 12.7. The number of nitrogens with zero attached hydrogens (tertiary/aromatic N) is 1. The zero-order chi connectivity index (χ0) is 15.7. The zero-order valence-corrected chi connectivity index (χ0v) is 12.1. The normalized spacial score (nSPS) is 12.6. The lowest BCUT2D eigenvalue weighted by atomic mass is 9.84. The van der Waals surface area contributed by atoms with Crippen molar-refractivity contribution in [3.63, 3.8) is 0 Å². The van der Waals surface area contributed by atoms with E-state index in [1.165, 1.54) is 26.6 Å². The third-order valence-corrected chi connectivity index (χ3v) is 3.43. The fourth-order valence-electron chi connectivity index (χ4n) is 2.47. The molecule has 6 heteroatoms. The first-order valence-corrected chi connectivity index (χ1v) is 6.55. The Hall–Kier alpha value is -2.73. The molecule has 0 radical (unpaired) electrons. The highest BCUT2D eigenvalue weighted by atomic mass is 16.7. The highest BCUT2D eigenvalue weighted by molar-refractivity contribution is 6.30. The Morgan fingerprint density at radius 2 is 1.68 bits per heavy atom. The summed E-state index contributed by atoms with van der Waals surface area (Å²) in [6, 6.07) is 4.92. The van der Waals surface area contributed by atoms with Crippen molar-refractivity contribution in [3.8, 4) is 11.5 Å². The summed E-state index contributed by atoms with van der Waals surface area (Å²) in [5, 5.41) is 0. The van der Waals surface area contributed by atoms with E-state index >= 15 is 0 Å². The van der Waals surface area contributed by atoms with Crippen LogP contribution >= 0.6 is 0 Å². The van der Waals surface area contributed by atoms with Crippen LogP contribution in [0, 0.1) is 0 Å². The van der Waals surface area contributed by atoms with Gasteiger partial charge in [0.05, 0.1) is 30.0 Å². The number of fused-ring (bicyclic) bond motifs is 2. The Morgan fingerprint density at radius 1 is 0.955 bits per heavy atom. The molecule has 0 amide bonds. The Bertz CT molecular complexity index is 769. The van der Waals surface area contributed by atoms with Crippen LogP contribution < -0.4 is 9.47 Å².